The molecule has 0 radical (unpaired) electrons. The lowest BCUT2D eigenvalue weighted by molar-refractivity contribution is 0.390. The van der Waals surface area contributed by atoms with Crippen LogP contribution >= 0.6 is 11.6 Å². The smallest absolute Gasteiger partial charge is 0.339 e. The normalized spacial score (nSPS) is 11.6. The third-order valence-electron chi connectivity index (χ3n) is 4.34. The Kier molecular flexibility index (Phi) is 6.25. The molecule has 0 fully saturated rings. The maximum atomic E-state index is 12.5. The molecule has 3 aromatic carbocycles. The topological polar surface area (TPSA) is 65.0 Å². The van der Waals surface area contributed by atoms with Gasteiger partial charge in [-0.25, -0.2) is 0 Å². The summed E-state index contributed by atoms with van der Waals surface area (Å²) in [5.74, 6) is 0.373. The van der Waals surface area contributed by atoms with E-state index < -0.39 is 10.1 Å². The van der Waals surface area contributed by atoms with Crippen molar-refractivity contribution in [1.29, 1.82) is 0 Å². The summed E-state index contributed by atoms with van der Waals surface area (Å²) >= 11 is 5.81. The molecule has 0 saturated carbocycles. The van der Waals surface area contributed by atoms with Gasteiger partial charge in [0.1, 0.15) is 4.90 Å². The molecule has 7 heteroatoms. The Balaban J connectivity index is 1.84. The SMILES string of the molecule is COc1cc(C=Nc2ccc(C)c(C)c2)ccc1OS(=O)(=O)c1ccc(Cl)cc1. The van der Waals surface area contributed by atoms with Crippen LogP contribution in [0.5, 0.6) is 11.5 Å². The van der Waals surface area contributed by atoms with Crippen LogP contribution in [0.2, 0.25) is 5.02 Å². The highest BCUT2D eigenvalue weighted by atomic mass is 35.5. The van der Waals surface area contributed by atoms with E-state index in [9.17, 15) is 8.42 Å². The van der Waals surface area contributed by atoms with Gasteiger partial charge in [0.2, 0.25) is 0 Å². The summed E-state index contributed by atoms with van der Waals surface area (Å²) in [6.45, 7) is 4.08. The Morgan fingerprint density at radius 2 is 1.62 bits per heavy atom. The lowest BCUT2D eigenvalue weighted by Crippen LogP contribution is -2.10. The van der Waals surface area contributed by atoms with Crippen molar-refractivity contribution in [2.75, 3.05) is 7.11 Å². The van der Waals surface area contributed by atoms with Crippen LogP contribution in [0.15, 0.2) is 70.6 Å². The summed E-state index contributed by atoms with van der Waals surface area (Å²) in [5, 5.41) is 0.439. The Labute approximate surface area is 175 Å². The van der Waals surface area contributed by atoms with Crippen LogP contribution in [0, 0.1) is 13.8 Å². The van der Waals surface area contributed by atoms with E-state index in [1.54, 1.807) is 18.3 Å². The average Bonchev–Trinajstić information content (AvgIpc) is 2.69. The first-order chi connectivity index (χ1) is 13.8. The number of halogens is 1. The lowest BCUT2D eigenvalue weighted by Gasteiger charge is -2.11. The molecule has 150 valence electrons. The summed E-state index contributed by atoms with van der Waals surface area (Å²) in [6.07, 6.45) is 1.68. The van der Waals surface area contributed by atoms with Gasteiger partial charge in [0.05, 0.1) is 12.8 Å². The molecule has 0 aliphatic rings. The molecule has 0 bridgehead atoms. The van der Waals surface area contributed by atoms with Crippen molar-refractivity contribution in [3.05, 3.63) is 82.4 Å². The van der Waals surface area contributed by atoms with Gasteiger partial charge in [0.25, 0.3) is 0 Å². The maximum Gasteiger partial charge on any atom is 0.339 e. The molecule has 0 unspecified atom stereocenters. The highest BCUT2D eigenvalue weighted by Gasteiger charge is 2.19. The quantitative estimate of drug-likeness (QED) is 0.384. The van der Waals surface area contributed by atoms with Gasteiger partial charge in [0.15, 0.2) is 11.5 Å². The Hall–Kier alpha value is -2.83. The molecule has 3 aromatic rings. The van der Waals surface area contributed by atoms with Crippen molar-refractivity contribution in [1.82, 2.24) is 0 Å². The van der Waals surface area contributed by atoms with Gasteiger partial charge in [0, 0.05) is 11.2 Å². The van der Waals surface area contributed by atoms with E-state index in [-0.39, 0.29) is 16.4 Å². The van der Waals surface area contributed by atoms with E-state index in [1.807, 2.05) is 32.0 Å². The van der Waals surface area contributed by atoms with Gasteiger partial charge in [-0.3, -0.25) is 4.99 Å². The second-order valence-electron chi connectivity index (χ2n) is 6.43. The minimum atomic E-state index is -4.01. The molecule has 0 saturated heterocycles. The Morgan fingerprint density at radius 1 is 0.897 bits per heavy atom. The van der Waals surface area contributed by atoms with Crippen molar-refractivity contribution in [3.8, 4) is 11.5 Å². The second-order valence-corrected chi connectivity index (χ2v) is 8.41. The number of aliphatic imine (C=N–C) groups is 1. The number of hydrogen-bond donors (Lipinski definition) is 0. The Morgan fingerprint density at radius 3 is 2.28 bits per heavy atom. The molecule has 0 aliphatic heterocycles. The summed E-state index contributed by atoms with van der Waals surface area (Å²) in [6, 6.07) is 16.6. The second kappa shape index (κ2) is 8.68. The van der Waals surface area contributed by atoms with Gasteiger partial charge in [-0.2, -0.15) is 8.42 Å². The van der Waals surface area contributed by atoms with Crippen molar-refractivity contribution >= 4 is 33.6 Å². The van der Waals surface area contributed by atoms with Crippen molar-refractivity contribution in [3.63, 3.8) is 0 Å². The molecule has 0 spiro atoms. The third kappa shape index (κ3) is 5.16. The van der Waals surface area contributed by atoms with Gasteiger partial charge in [-0.1, -0.05) is 17.7 Å². The summed E-state index contributed by atoms with van der Waals surface area (Å²) in [5.41, 5.74) is 3.94. The molecule has 0 N–H and O–H groups in total. The van der Waals surface area contributed by atoms with Crippen LogP contribution in [-0.4, -0.2) is 21.7 Å². The van der Waals surface area contributed by atoms with Crippen LogP contribution in [0.1, 0.15) is 16.7 Å². The Bertz CT molecular complexity index is 1160. The molecule has 0 heterocycles. The number of methoxy groups -OCH3 is 1. The van der Waals surface area contributed by atoms with Crippen LogP contribution in [0.25, 0.3) is 0 Å². The zero-order chi connectivity index (χ0) is 21.0. The molecule has 5 nitrogen and oxygen atoms in total. The van der Waals surface area contributed by atoms with Crippen LogP contribution in [-0.2, 0) is 10.1 Å². The van der Waals surface area contributed by atoms with Crippen molar-refractivity contribution < 1.29 is 17.3 Å². The predicted molar refractivity (Wildman–Crippen MR) is 115 cm³/mol. The number of nitrogens with zero attached hydrogens (tertiary/aromatic N) is 1. The molecular weight excluding hydrogens is 410 g/mol. The first-order valence-electron chi connectivity index (χ1n) is 8.78. The van der Waals surface area contributed by atoms with Gasteiger partial charge >= 0.3 is 10.1 Å². The molecule has 0 aliphatic carbocycles. The van der Waals surface area contributed by atoms with E-state index >= 15 is 0 Å². The zero-order valence-corrected chi connectivity index (χ0v) is 17.8. The van der Waals surface area contributed by atoms with E-state index in [2.05, 4.69) is 4.99 Å². The molecule has 0 atom stereocenters. The fourth-order valence-electron chi connectivity index (χ4n) is 2.56. The standard InChI is InChI=1S/C22H20ClNO4S/c1-15-4-8-19(12-16(15)2)24-14-17-5-11-21(22(13-17)27-3)28-29(25,26)20-9-6-18(23)7-10-20/h4-14H,1-3H3. The van der Waals surface area contributed by atoms with Crippen LogP contribution in [0.4, 0.5) is 5.69 Å². The van der Waals surface area contributed by atoms with E-state index in [1.165, 1.54) is 43.0 Å². The lowest BCUT2D eigenvalue weighted by atomic mass is 10.1. The molecule has 0 aromatic heterocycles. The number of rotatable bonds is 6. The fraction of sp³-hybridized carbons (Fsp3) is 0.136. The molecular formula is C22H20ClNO4S. The van der Waals surface area contributed by atoms with Crippen molar-refractivity contribution in [2.45, 2.75) is 18.7 Å². The minimum absolute atomic E-state index is 0.00401. The van der Waals surface area contributed by atoms with E-state index in [0.717, 1.165) is 16.8 Å². The molecule has 3 rings (SSSR count). The van der Waals surface area contributed by atoms with Gasteiger partial charge in [-0.15, -0.1) is 0 Å². The fourth-order valence-corrected chi connectivity index (χ4v) is 3.62. The van der Waals surface area contributed by atoms with Crippen LogP contribution in [0.3, 0.4) is 0 Å². The highest BCUT2D eigenvalue weighted by molar-refractivity contribution is 7.87. The summed E-state index contributed by atoms with van der Waals surface area (Å²) < 4.78 is 35.5. The summed E-state index contributed by atoms with van der Waals surface area (Å²) in [7, 11) is -2.57. The molecule has 29 heavy (non-hydrogen) atoms. The highest BCUT2D eigenvalue weighted by Crippen LogP contribution is 2.31. The van der Waals surface area contributed by atoms with Crippen LogP contribution < -0.4 is 8.92 Å². The first-order valence-corrected chi connectivity index (χ1v) is 10.6. The first kappa shape index (κ1) is 20.9. The van der Waals surface area contributed by atoms with Crippen molar-refractivity contribution in [2.24, 2.45) is 4.99 Å². The van der Waals surface area contributed by atoms with E-state index in [0.29, 0.717) is 5.02 Å². The molecule has 0 amide bonds. The van der Waals surface area contributed by atoms with E-state index in [4.69, 9.17) is 20.5 Å². The minimum Gasteiger partial charge on any atom is -0.493 e. The summed E-state index contributed by atoms with van der Waals surface area (Å²) in [4.78, 5) is 4.47. The van der Waals surface area contributed by atoms with Gasteiger partial charge in [-0.05, 0) is 85.1 Å². The third-order valence-corrected chi connectivity index (χ3v) is 5.84. The number of ether oxygens (including phenoxy) is 1. The number of aryl methyl sites for hydroxylation is 2. The number of benzene rings is 3. The number of hydrogen-bond acceptors (Lipinski definition) is 5. The monoisotopic (exact) mass is 429 g/mol. The van der Waals surface area contributed by atoms with Gasteiger partial charge < -0.3 is 8.92 Å². The maximum absolute atomic E-state index is 12.5. The predicted octanol–water partition coefficient (Wildman–Crippen LogP) is 5.48. The largest absolute Gasteiger partial charge is 0.493 e. The zero-order valence-electron chi connectivity index (χ0n) is 16.2. The average molecular weight is 430 g/mol.